The fraction of sp³-hybridized carbons (Fsp3) is 0.0909. The first-order valence-electron chi connectivity index (χ1n) is 8.52. The Bertz CT molecular complexity index is 1190. The third kappa shape index (κ3) is 2.93. The number of aromatic carboxylic acids is 1. The maximum Gasteiger partial charge on any atom is 0.182 e. The highest BCUT2D eigenvalue weighted by Gasteiger charge is 2.19. The van der Waals surface area contributed by atoms with Gasteiger partial charge in [0.2, 0.25) is 0 Å². The zero-order valence-corrected chi connectivity index (χ0v) is 14.5. The van der Waals surface area contributed by atoms with Gasteiger partial charge in [-0.15, -0.1) is 0 Å². The molecule has 0 atom stereocenters. The van der Waals surface area contributed by atoms with E-state index in [4.69, 9.17) is 9.15 Å². The summed E-state index contributed by atoms with van der Waals surface area (Å²) in [5.41, 5.74) is 2.22. The van der Waals surface area contributed by atoms with Crippen molar-refractivity contribution in [2.24, 2.45) is 0 Å². The average Bonchev–Trinajstić information content (AvgIpc) is 2.66. The van der Waals surface area contributed by atoms with Gasteiger partial charge >= 0.3 is 0 Å². The summed E-state index contributed by atoms with van der Waals surface area (Å²) in [6, 6.07) is 16.5. The monoisotopic (exact) mass is 359 g/mol. The molecule has 2 aromatic carbocycles. The molecule has 0 radical (unpaired) electrons. The molecule has 0 unspecified atom stereocenters. The van der Waals surface area contributed by atoms with Gasteiger partial charge in [-0.05, 0) is 36.8 Å². The van der Waals surface area contributed by atoms with Gasteiger partial charge in [0.05, 0.1) is 12.6 Å². The van der Waals surface area contributed by atoms with Crippen LogP contribution in [0, 0.1) is 0 Å². The maximum atomic E-state index is 11.8. The van der Waals surface area contributed by atoms with Crippen LogP contribution in [0.4, 0.5) is 0 Å². The van der Waals surface area contributed by atoms with Crippen LogP contribution in [0.1, 0.15) is 17.3 Å². The van der Waals surface area contributed by atoms with Crippen molar-refractivity contribution in [2.75, 3.05) is 6.61 Å². The number of carboxylic acids is 1. The molecule has 4 rings (SSSR count). The van der Waals surface area contributed by atoms with Gasteiger partial charge in [-0.3, -0.25) is 4.79 Å². The van der Waals surface area contributed by atoms with Crippen LogP contribution in [0.5, 0.6) is 5.75 Å². The quantitative estimate of drug-likeness (QED) is 0.522. The molecule has 0 fully saturated rings. The molecule has 0 saturated carbocycles. The number of carbonyl (C=O) groups is 1. The van der Waals surface area contributed by atoms with Crippen LogP contribution in [0.2, 0.25) is 0 Å². The van der Waals surface area contributed by atoms with Gasteiger partial charge in [0, 0.05) is 34.2 Å². The van der Waals surface area contributed by atoms with E-state index in [0.29, 0.717) is 40.4 Å². The second kappa shape index (κ2) is 6.61. The first-order chi connectivity index (χ1) is 13.1. The third-order valence-electron chi connectivity index (χ3n) is 4.39. The molecular weight excluding hydrogens is 344 g/mol. The van der Waals surface area contributed by atoms with Crippen LogP contribution in [0.15, 0.2) is 69.9 Å². The molecule has 0 saturated heterocycles. The molecule has 2 aliphatic rings. The van der Waals surface area contributed by atoms with E-state index in [-0.39, 0.29) is 11.0 Å². The maximum absolute atomic E-state index is 11.8. The Kier molecular flexibility index (Phi) is 4.12. The lowest BCUT2D eigenvalue weighted by atomic mass is 9.91. The minimum absolute atomic E-state index is 0.0754. The largest absolute Gasteiger partial charge is 0.545 e. The fourth-order valence-corrected chi connectivity index (χ4v) is 3.28. The van der Waals surface area contributed by atoms with Gasteiger partial charge in [-0.1, -0.05) is 24.3 Å². The average molecular weight is 359 g/mol. The second-order valence-corrected chi connectivity index (χ2v) is 6.06. The van der Waals surface area contributed by atoms with Crippen molar-refractivity contribution in [1.82, 2.24) is 0 Å². The summed E-state index contributed by atoms with van der Waals surface area (Å²) in [5, 5.41) is 12.4. The van der Waals surface area contributed by atoms with E-state index in [2.05, 4.69) is 0 Å². The fourth-order valence-electron chi connectivity index (χ4n) is 3.28. The highest BCUT2D eigenvalue weighted by atomic mass is 16.5. The minimum atomic E-state index is -1.26. The molecule has 1 aliphatic carbocycles. The predicted octanol–water partition coefficient (Wildman–Crippen LogP) is 3.33. The predicted molar refractivity (Wildman–Crippen MR) is 100 cm³/mol. The van der Waals surface area contributed by atoms with E-state index < -0.39 is 5.97 Å². The molecular formula is C22H15O5-. The van der Waals surface area contributed by atoms with Crippen molar-refractivity contribution in [3.05, 3.63) is 76.5 Å². The minimum Gasteiger partial charge on any atom is -0.545 e. The Hall–Kier alpha value is -3.60. The number of hydrogen-bond donors (Lipinski definition) is 0. The molecule has 0 spiro atoms. The molecule has 5 heteroatoms. The SMILES string of the molecule is CCOc1ccc2c(-c3ccccc3C(=O)[O-])c3ccc(=O)cc-3oc2c1. The normalized spacial score (nSPS) is 11.0. The van der Waals surface area contributed by atoms with Crippen LogP contribution in [-0.2, 0) is 0 Å². The molecule has 0 amide bonds. The van der Waals surface area contributed by atoms with Crippen molar-refractivity contribution in [3.63, 3.8) is 0 Å². The molecule has 27 heavy (non-hydrogen) atoms. The van der Waals surface area contributed by atoms with Crippen molar-refractivity contribution >= 4 is 16.9 Å². The molecule has 5 nitrogen and oxygen atoms in total. The number of fused-ring (bicyclic) bond motifs is 2. The summed E-state index contributed by atoms with van der Waals surface area (Å²) in [6.07, 6.45) is 0. The summed E-state index contributed by atoms with van der Waals surface area (Å²) in [6.45, 7) is 2.39. The Morgan fingerprint density at radius 3 is 2.63 bits per heavy atom. The Morgan fingerprint density at radius 1 is 1.04 bits per heavy atom. The van der Waals surface area contributed by atoms with Crippen LogP contribution in [-0.4, -0.2) is 12.6 Å². The van der Waals surface area contributed by atoms with E-state index in [1.807, 2.05) is 13.0 Å². The number of hydrogen-bond acceptors (Lipinski definition) is 5. The molecule has 1 aliphatic heterocycles. The Labute approximate surface area is 154 Å². The van der Waals surface area contributed by atoms with E-state index >= 15 is 0 Å². The van der Waals surface area contributed by atoms with Crippen LogP contribution >= 0.6 is 0 Å². The highest BCUT2D eigenvalue weighted by Crippen LogP contribution is 2.41. The lowest BCUT2D eigenvalue weighted by Gasteiger charge is -2.18. The lowest BCUT2D eigenvalue weighted by molar-refractivity contribution is -0.254. The van der Waals surface area contributed by atoms with Gasteiger partial charge in [0.15, 0.2) is 5.43 Å². The molecule has 0 aromatic heterocycles. The summed E-state index contributed by atoms with van der Waals surface area (Å²) >= 11 is 0. The smallest absolute Gasteiger partial charge is 0.182 e. The van der Waals surface area contributed by atoms with E-state index in [1.54, 1.807) is 36.4 Å². The van der Waals surface area contributed by atoms with Crippen molar-refractivity contribution in [3.8, 4) is 28.2 Å². The Balaban J connectivity index is 2.14. The molecule has 0 bridgehead atoms. The number of ether oxygens (including phenoxy) is 1. The standard InChI is InChI=1S/C22H16O5/c1-2-26-14-8-10-18-20(12-14)27-19-11-13(23)7-9-17(19)21(18)15-5-3-4-6-16(15)22(24)25/h3-12H,2H2,1H3,(H,24,25)/p-1. The molecule has 1 heterocycles. The summed E-state index contributed by atoms with van der Waals surface area (Å²) in [7, 11) is 0. The molecule has 2 aromatic rings. The number of carboxylic acid groups (broad SMARTS) is 1. The van der Waals surface area contributed by atoms with Crippen molar-refractivity contribution in [1.29, 1.82) is 0 Å². The van der Waals surface area contributed by atoms with Gasteiger partial charge < -0.3 is 19.1 Å². The number of carbonyl (C=O) groups excluding carboxylic acids is 1. The third-order valence-corrected chi connectivity index (χ3v) is 4.39. The topological polar surface area (TPSA) is 79.6 Å². The summed E-state index contributed by atoms with van der Waals surface area (Å²) < 4.78 is 11.5. The first-order valence-corrected chi connectivity index (χ1v) is 8.52. The van der Waals surface area contributed by atoms with Crippen molar-refractivity contribution in [2.45, 2.75) is 6.92 Å². The van der Waals surface area contributed by atoms with Crippen LogP contribution < -0.4 is 15.3 Å². The lowest BCUT2D eigenvalue weighted by Crippen LogP contribution is -2.23. The zero-order valence-electron chi connectivity index (χ0n) is 14.5. The van der Waals surface area contributed by atoms with Gasteiger partial charge in [-0.2, -0.15) is 0 Å². The van der Waals surface area contributed by atoms with E-state index in [0.717, 1.165) is 5.39 Å². The summed E-state index contributed by atoms with van der Waals surface area (Å²) in [5.74, 6) is -0.253. The van der Waals surface area contributed by atoms with Crippen LogP contribution in [0.25, 0.3) is 33.4 Å². The molecule has 0 N–H and O–H groups in total. The number of benzene rings is 3. The van der Waals surface area contributed by atoms with Crippen LogP contribution in [0.3, 0.4) is 0 Å². The van der Waals surface area contributed by atoms with Crippen molar-refractivity contribution < 1.29 is 19.1 Å². The Morgan fingerprint density at radius 2 is 1.85 bits per heavy atom. The van der Waals surface area contributed by atoms with E-state index in [9.17, 15) is 14.7 Å². The van der Waals surface area contributed by atoms with E-state index in [1.165, 1.54) is 18.2 Å². The van der Waals surface area contributed by atoms with Gasteiger partial charge in [0.25, 0.3) is 0 Å². The molecule has 134 valence electrons. The second-order valence-electron chi connectivity index (χ2n) is 6.06. The number of rotatable bonds is 4. The van der Waals surface area contributed by atoms with Gasteiger partial charge in [-0.25, -0.2) is 0 Å². The van der Waals surface area contributed by atoms with Gasteiger partial charge in [0.1, 0.15) is 17.1 Å². The first kappa shape index (κ1) is 16.8. The zero-order chi connectivity index (χ0) is 19.0. The highest BCUT2D eigenvalue weighted by molar-refractivity contribution is 6.07. The summed E-state index contributed by atoms with van der Waals surface area (Å²) in [4.78, 5) is 23.5.